The maximum absolute atomic E-state index is 10.5. The Hall–Kier alpha value is -1.14. The summed E-state index contributed by atoms with van der Waals surface area (Å²) >= 11 is 0. The van der Waals surface area contributed by atoms with Gasteiger partial charge < -0.3 is 20.1 Å². The monoisotopic (exact) mass is 264 g/mol. The second-order valence-corrected chi connectivity index (χ2v) is 4.77. The normalized spacial score (nSPS) is 15.4. The fourth-order valence-corrected chi connectivity index (χ4v) is 0.578. The van der Waals surface area contributed by atoms with Crippen molar-refractivity contribution in [1.82, 2.24) is 0 Å². The van der Waals surface area contributed by atoms with Crippen molar-refractivity contribution < 1.29 is 29.6 Å². The molecule has 0 fully saturated rings. The van der Waals surface area contributed by atoms with Gasteiger partial charge in [0.25, 0.3) is 0 Å². The molecular formula is C12H24O6. The first-order valence-corrected chi connectivity index (χ1v) is 5.77. The standard InChI is InChI=1S/2C6H12O3/c1-4(2)6(3,9)5(7)8;1-4(2)9-6(8)5(3)7/h4,9H,1-3H3,(H,7,8);4-5,7H,1-3H3. The summed E-state index contributed by atoms with van der Waals surface area (Å²) in [6.45, 7) is 9.47. The van der Waals surface area contributed by atoms with Crippen molar-refractivity contribution in [1.29, 1.82) is 0 Å². The van der Waals surface area contributed by atoms with E-state index in [2.05, 4.69) is 4.74 Å². The highest BCUT2D eigenvalue weighted by Crippen LogP contribution is 2.15. The van der Waals surface area contributed by atoms with Crippen LogP contribution in [0.5, 0.6) is 0 Å². The van der Waals surface area contributed by atoms with Crippen molar-refractivity contribution in [3.8, 4) is 0 Å². The van der Waals surface area contributed by atoms with Crippen LogP contribution in [0.4, 0.5) is 0 Å². The molecule has 0 heterocycles. The van der Waals surface area contributed by atoms with Crippen molar-refractivity contribution in [2.45, 2.75) is 59.4 Å². The molecule has 6 heteroatoms. The van der Waals surface area contributed by atoms with Crippen molar-refractivity contribution in [2.75, 3.05) is 0 Å². The molecule has 0 aromatic heterocycles. The van der Waals surface area contributed by atoms with E-state index in [1.807, 2.05) is 0 Å². The van der Waals surface area contributed by atoms with Crippen LogP contribution in [-0.2, 0) is 14.3 Å². The summed E-state index contributed by atoms with van der Waals surface area (Å²) in [5.74, 6) is -1.99. The van der Waals surface area contributed by atoms with Crippen LogP contribution in [0.15, 0.2) is 0 Å². The Labute approximate surface area is 108 Å². The van der Waals surface area contributed by atoms with Gasteiger partial charge in [-0.1, -0.05) is 13.8 Å². The predicted octanol–water partition coefficient (Wildman–Crippen LogP) is 0.797. The summed E-state index contributed by atoms with van der Waals surface area (Å²) in [4.78, 5) is 20.7. The number of hydrogen-bond acceptors (Lipinski definition) is 5. The van der Waals surface area contributed by atoms with E-state index in [1.54, 1.807) is 27.7 Å². The Morgan fingerprint density at radius 2 is 1.50 bits per heavy atom. The average molecular weight is 264 g/mol. The molecule has 0 aromatic carbocycles. The Balaban J connectivity index is 0. The zero-order valence-corrected chi connectivity index (χ0v) is 11.8. The summed E-state index contributed by atoms with van der Waals surface area (Å²) < 4.78 is 4.62. The number of carboxylic acids is 1. The lowest BCUT2D eigenvalue weighted by molar-refractivity contribution is -0.161. The maximum Gasteiger partial charge on any atom is 0.335 e. The van der Waals surface area contributed by atoms with Gasteiger partial charge in [0.1, 0.15) is 6.10 Å². The van der Waals surface area contributed by atoms with E-state index in [9.17, 15) is 9.59 Å². The molecule has 2 atom stereocenters. The fourth-order valence-electron chi connectivity index (χ4n) is 0.578. The van der Waals surface area contributed by atoms with E-state index in [0.29, 0.717) is 0 Å². The number of ether oxygens (including phenoxy) is 1. The lowest BCUT2D eigenvalue weighted by atomic mass is 9.93. The lowest BCUT2D eigenvalue weighted by Crippen LogP contribution is -2.40. The largest absolute Gasteiger partial charge is 0.479 e. The van der Waals surface area contributed by atoms with E-state index in [0.717, 1.165) is 0 Å². The van der Waals surface area contributed by atoms with Gasteiger partial charge in [0.2, 0.25) is 0 Å². The quantitative estimate of drug-likeness (QED) is 0.649. The molecule has 0 aliphatic heterocycles. The summed E-state index contributed by atoms with van der Waals surface area (Å²) in [6.07, 6.45) is -1.15. The molecular weight excluding hydrogens is 240 g/mol. The molecule has 0 saturated carbocycles. The minimum absolute atomic E-state index is 0.146. The Bertz CT molecular complexity index is 266. The molecule has 108 valence electrons. The second kappa shape index (κ2) is 8.05. The van der Waals surface area contributed by atoms with Crippen LogP contribution in [-0.4, -0.2) is 45.1 Å². The minimum atomic E-state index is -1.58. The van der Waals surface area contributed by atoms with Crippen LogP contribution < -0.4 is 0 Å². The first-order valence-electron chi connectivity index (χ1n) is 5.77. The van der Waals surface area contributed by atoms with Crippen molar-refractivity contribution in [3.05, 3.63) is 0 Å². The van der Waals surface area contributed by atoms with Crippen LogP contribution in [0, 0.1) is 5.92 Å². The van der Waals surface area contributed by atoms with E-state index < -0.39 is 23.6 Å². The van der Waals surface area contributed by atoms with Gasteiger partial charge in [0.15, 0.2) is 5.60 Å². The summed E-state index contributed by atoms with van der Waals surface area (Å²) in [5.41, 5.74) is -1.58. The number of aliphatic carboxylic acids is 1. The third kappa shape index (κ3) is 8.03. The number of esters is 1. The van der Waals surface area contributed by atoms with Gasteiger partial charge in [0.05, 0.1) is 6.10 Å². The van der Waals surface area contributed by atoms with Gasteiger partial charge in [-0.2, -0.15) is 0 Å². The van der Waals surface area contributed by atoms with E-state index in [-0.39, 0.29) is 12.0 Å². The number of rotatable bonds is 4. The first-order chi connectivity index (χ1) is 7.92. The summed E-state index contributed by atoms with van der Waals surface area (Å²) in [7, 11) is 0. The number of carboxylic acid groups (broad SMARTS) is 1. The van der Waals surface area contributed by atoms with Crippen LogP contribution in [0.1, 0.15) is 41.5 Å². The Kier molecular flexibility index (Phi) is 8.59. The van der Waals surface area contributed by atoms with E-state index in [1.165, 1.54) is 13.8 Å². The van der Waals surface area contributed by atoms with Gasteiger partial charge in [-0.05, 0) is 33.6 Å². The SMILES string of the molecule is CC(C)C(C)(O)C(=O)O.CC(C)OC(=O)C(C)O. The number of hydrogen-bond donors (Lipinski definition) is 3. The molecule has 2 unspecified atom stereocenters. The molecule has 3 N–H and O–H groups in total. The average Bonchev–Trinajstić information content (AvgIpc) is 2.16. The second-order valence-electron chi connectivity index (χ2n) is 4.77. The van der Waals surface area contributed by atoms with Gasteiger partial charge in [0, 0.05) is 0 Å². The molecule has 0 bridgehead atoms. The topological polar surface area (TPSA) is 104 Å². The van der Waals surface area contributed by atoms with Crippen molar-refractivity contribution >= 4 is 11.9 Å². The van der Waals surface area contributed by atoms with Crippen LogP contribution >= 0.6 is 0 Å². The molecule has 0 radical (unpaired) electrons. The Morgan fingerprint density at radius 1 is 1.11 bits per heavy atom. The zero-order valence-electron chi connectivity index (χ0n) is 11.8. The molecule has 0 saturated heterocycles. The first kappa shape index (κ1) is 19.2. The molecule has 0 amide bonds. The van der Waals surface area contributed by atoms with Crippen LogP contribution in [0.25, 0.3) is 0 Å². The third-order valence-corrected chi connectivity index (χ3v) is 2.25. The lowest BCUT2D eigenvalue weighted by Gasteiger charge is -2.21. The predicted molar refractivity (Wildman–Crippen MR) is 66.0 cm³/mol. The van der Waals surface area contributed by atoms with Crippen LogP contribution in [0.3, 0.4) is 0 Å². The molecule has 0 aromatic rings. The van der Waals surface area contributed by atoms with E-state index >= 15 is 0 Å². The zero-order chi connectivity index (χ0) is 15.1. The highest BCUT2D eigenvalue weighted by atomic mass is 16.6. The Morgan fingerprint density at radius 3 is 1.56 bits per heavy atom. The van der Waals surface area contributed by atoms with E-state index in [4.69, 9.17) is 15.3 Å². The summed E-state index contributed by atoms with van der Waals surface area (Å²) in [5, 5.41) is 26.0. The number of aliphatic hydroxyl groups excluding tert-OH is 1. The van der Waals surface area contributed by atoms with Crippen molar-refractivity contribution in [3.63, 3.8) is 0 Å². The minimum Gasteiger partial charge on any atom is -0.479 e. The number of aliphatic hydroxyl groups is 2. The molecule has 0 spiro atoms. The number of carbonyl (C=O) groups excluding carboxylic acids is 1. The van der Waals surface area contributed by atoms with Gasteiger partial charge in [-0.3, -0.25) is 0 Å². The summed E-state index contributed by atoms with van der Waals surface area (Å²) in [6, 6.07) is 0. The van der Waals surface area contributed by atoms with Gasteiger partial charge >= 0.3 is 11.9 Å². The molecule has 6 nitrogen and oxygen atoms in total. The van der Waals surface area contributed by atoms with Crippen LogP contribution in [0.2, 0.25) is 0 Å². The fraction of sp³-hybridized carbons (Fsp3) is 0.833. The molecule has 18 heavy (non-hydrogen) atoms. The maximum atomic E-state index is 10.5. The molecule has 0 rings (SSSR count). The van der Waals surface area contributed by atoms with Gasteiger partial charge in [-0.25, -0.2) is 9.59 Å². The molecule has 0 aliphatic carbocycles. The molecule has 0 aliphatic rings. The highest BCUT2D eigenvalue weighted by Gasteiger charge is 2.33. The van der Waals surface area contributed by atoms with Crippen molar-refractivity contribution in [2.24, 2.45) is 5.92 Å². The van der Waals surface area contributed by atoms with Gasteiger partial charge in [-0.15, -0.1) is 0 Å². The number of carbonyl (C=O) groups is 2. The smallest absolute Gasteiger partial charge is 0.335 e. The highest BCUT2D eigenvalue weighted by molar-refractivity contribution is 5.76. The third-order valence-electron chi connectivity index (χ3n) is 2.25.